The highest BCUT2D eigenvalue weighted by atomic mass is 16.5. The average molecular weight is 250 g/mol. The number of hydrogen-bond acceptors (Lipinski definition) is 2. The van der Waals surface area contributed by atoms with Gasteiger partial charge in [-0.2, -0.15) is 0 Å². The summed E-state index contributed by atoms with van der Waals surface area (Å²) in [5, 5.41) is 5.61. The van der Waals surface area contributed by atoms with Crippen molar-refractivity contribution in [3.63, 3.8) is 0 Å². The monoisotopic (exact) mass is 250 g/mol. The normalized spacial score (nSPS) is 14.6. The fourth-order valence-electron chi connectivity index (χ4n) is 2.29. The molecule has 1 N–H and O–H groups in total. The summed E-state index contributed by atoms with van der Waals surface area (Å²) in [6, 6.07) is 14.8. The van der Waals surface area contributed by atoms with Crippen LogP contribution in [0.25, 0.3) is 16.3 Å². The standard InChI is InChI=1S/C17H16NO/c1-2-19-17-9-10-18-12-16(17)15-8-7-13-5-3-4-6-14(13)11-15/h3-9,11,18H,2,10H2,1H3. The lowest BCUT2D eigenvalue weighted by Crippen LogP contribution is -2.14. The van der Waals surface area contributed by atoms with Crippen LogP contribution >= 0.6 is 0 Å². The van der Waals surface area contributed by atoms with Crippen LogP contribution in [0.3, 0.4) is 0 Å². The zero-order valence-corrected chi connectivity index (χ0v) is 10.9. The molecule has 0 aromatic heterocycles. The average Bonchev–Trinajstić information content (AvgIpc) is 2.48. The molecule has 95 valence electrons. The molecule has 2 nitrogen and oxygen atoms in total. The molecule has 2 aromatic carbocycles. The lowest BCUT2D eigenvalue weighted by Gasteiger charge is -2.17. The van der Waals surface area contributed by atoms with E-state index in [1.807, 2.05) is 6.92 Å². The Labute approximate surface area is 113 Å². The SMILES string of the molecule is CCOC1=CCN[C]=C1c1ccc2ccccc2c1. The maximum Gasteiger partial charge on any atom is 0.127 e. The van der Waals surface area contributed by atoms with Crippen molar-refractivity contribution in [2.24, 2.45) is 0 Å². The summed E-state index contributed by atoms with van der Waals surface area (Å²) >= 11 is 0. The summed E-state index contributed by atoms with van der Waals surface area (Å²) in [4.78, 5) is 0. The fourth-order valence-corrected chi connectivity index (χ4v) is 2.29. The second-order valence-corrected chi connectivity index (χ2v) is 4.44. The van der Waals surface area contributed by atoms with E-state index in [0.29, 0.717) is 6.61 Å². The third kappa shape index (κ3) is 2.34. The molecule has 2 heteroatoms. The smallest absolute Gasteiger partial charge is 0.127 e. The molecule has 1 aliphatic heterocycles. The van der Waals surface area contributed by atoms with E-state index < -0.39 is 0 Å². The molecule has 0 amide bonds. The number of fused-ring (bicyclic) bond motifs is 1. The van der Waals surface area contributed by atoms with Gasteiger partial charge in [0.25, 0.3) is 0 Å². The summed E-state index contributed by atoms with van der Waals surface area (Å²) in [5.41, 5.74) is 2.13. The Hall–Kier alpha value is -2.22. The maximum atomic E-state index is 5.68. The van der Waals surface area contributed by atoms with Gasteiger partial charge in [0.1, 0.15) is 5.76 Å². The van der Waals surface area contributed by atoms with Gasteiger partial charge in [-0.25, -0.2) is 0 Å². The van der Waals surface area contributed by atoms with Gasteiger partial charge in [0.2, 0.25) is 0 Å². The van der Waals surface area contributed by atoms with Crippen molar-refractivity contribution in [2.75, 3.05) is 13.2 Å². The van der Waals surface area contributed by atoms with Crippen LogP contribution in [0.1, 0.15) is 12.5 Å². The predicted octanol–water partition coefficient (Wildman–Crippen LogP) is 3.51. The number of nitrogens with one attached hydrogen (secondary N) is 1. The fraction of sp³-hybridized carbons (Fsp3) is 0.176. The first-order chi connectivity index (χ1) is 9.38. The van der Waals surface area contributed by atoms with Crippen LogP contribution in [-0.2, 0) is 4.74 Å². The van der Waals surface area contributed by atoms with Crippen LogP contribution in [0.4, 0.5) is 0 Å². The lowest BCUT2D eigenvalue weighted by molar-refractivity contribution is 0.243. The van der Waals surface area contributed by atoms with Gasteiger partial charge in [0.05, 0.1) is 12.8 Å². The van der Waals surface area contributed by atoms with Crippen molar-refractivity contribution in [3.05, 3.63) is 66.1 Å². The Bertz CT molecular complexity index is 655. The molecule has 0 spiro atoms. The first kappa shape index (κ1) is 11.8. The number of allylic oxidation sites excluding steroid dienone is 1. The van der Waals surface area contributed by atoms with Gasteiger partial charge in [0.15, 0.2) is 0 Å². The van der Waals surface area contributed by atoms with Crippen LogP contribution in [0.15, 0.2) is 54.3 Å². The molecule has 0 atom stereocenters. The molecule has 0 saturated carbocycles. The molecule has 2 aromatic rings. The van der Waals surface area contributed by atoms with Crippen LogP contribution in [-0.4, -0.2) is 13.2 Å². The van der Waals surface area contributed by atoms with E-state index in [9.17, 15) is 0 Å². The lowest BCUT2D eigenvalue weighted by atomic mass is 9.99. The minimum atomic E-state index is 0.671. The van der Waals surface area contributed by atoms with E-state index in [2.05, 4.69) is 60.1 Å². The minimum Gasteiger partial charge on any atom is -0.493 e. The van der Waals surface area contributed by atoms with Crippen molar-refractivity contribution in [1.82, 2.24) is 5.32 Å². The predicted molar refractivity (Wildman–Crippen MR) is 78.3 cm³/mol. The number of rotatable bonds is 3. The van der Waals surface area contributed by atoms with Crippen molar-refractivity contribution >= 4 is 16.3 Å². The van der Waals surface area contributed by atoms with E-state index in [1.165, 1.54) is 10.8 Å². The molecule has 1 aliphatic rings. The summed E-state index contributed by atoms with van der Waals surface area (Å²) in [7, 11) is 0. The first-order valence-electron chi connectivity index (χ1n) is 6.57. The van der Waals surface area contributed by atoms with Crippen LogP contribution in [0, 0.1) is 6.20 Å². The zero-order valence-electron chi connectivity index (χ0n) is 10.9. The Morgan fingerprint density at radius 1 is 1.16 bits per heavy atom. The quantitative estimate of drug-likeness (QED) is 0.900. The highest BCUT2D eigenvalue weighted by Crippen LogP contribution is 2.27. The van der Waals surface area contributed by atoms with E-state index in [-0.39, 0.29) is 0 Å². The Morgan fingerprint density at radius 2 is 2.00 bits per heavy atom. The minimum absolute atomic E-state index is 0.671. The second kappa shape index (κ2) is 5.19. The molecule has 3 rings (SSSR count). The van der Waals surface area contributed by atoms with Crippen LogP contribution < -0.4 is 5.32 Å². The summed E-state index contributed by atoms with van der Waals surface area (Å²) in [6.07, 6.45) is 5.27. The number of dihydropyridines is 1. The molecule has 0 saturated heterocycles. The van der Waals surface area contributed by atoms with Crippen LogP contribution in [0.2, 0.25) is 0 Å². The van der Waals surface area contributed by atoms with E-state index >= 15 is 0 Å². The molecule has 0 fully saturated rings. The summed E-state index contributed by atoms with van der Waals surface area (Å²) in [5.74, 6) is 0.913. The van der Waals surface area contributed by atoms with E-state index in [1.54, 1.807) is 0 Å². The van der Waals surface area contributed by atoms with Crippen molar-refractivity contribution in [1.29, 1.82) is 0 Å². The number of ether oxygens (including phenoxy) is 1. The van der Waals surface area contributed by atoms with Gasteiger partial charge in [0, 0.05) is 12.1 Å². The number of hydrogen-bond donors (Lipinski definition) is 1. The summed E-state index contributed by atoms with van der Waals surface area (Å²) in [6.45, 7) is 3.44. The topological polar surface area (TPSA) is 21.3 Å². The maximum absolute atomic E-state index is 5.68. The number of benzene rings is 2. The molecule has 1 heterocycles. The van der Waals surface area contributed by atoms with Crippen LogP contribution in [0.5, 0.6) is 0 Å². The van der Waals surface area contributed by atoms with Gasteiger partial charge in [-0.05, 0) is 35.4 Å². The van der Waals surface area contributed by atoms with Crippen molar-refractivity contribution < 1.29 is 4.74 Å². The molecule has 0 aliphatic carbocycles. The van der Waals surface area contributed by atoms with E-state index in [4.69, 9.17) is 4.74 Å². The van der Waals surface area contributed by atoms with Gasteiger partial charge >= 0.3 is 0 Å². The van der Waals surface area contributed by atoms with Crippen molar-refractivity contribution in [3.8, 4) is 0 Å². The van der Waals surface area contributed by atoms with Gasteiger partial charge in [-0.3, -0.25) is 0 Å². The molecular weight excluding hydrogens is 234 g/mol. The molecular formula is C17H16NO. The van der Waals surface area contributed by atoms with Gasteiger partial charge in [-0.15, -0.1) is 0 Å². The zero-order chi connectivity index (χ0) is 13.1. The third-order valence-electron chi connectivity index (χ3n) is 3.19. The Kier molecular flexibility index (Phi) is 3.23. The highest BCUT2D eigenvalue weighted by Gasteiger charge is 2.13. The first-order valence-corrected chi connectivity index (χ1v) is 6.57. The molecule has 0 bridgehead atoms. The molecule has 19 heavy (non-hydrogen) atoms. The second-order valence-electron chi connectivity index (χ2n) is 4.44. The van der Waals surface area contributed by atoms with Gasteiger partial charge in [-0.1, -0.05) is 36.4 Å². The molecule has 1 radical (unpaired) electrons. The van der Waals surface area contributed by atoms with Crippen molar-refractivity contribution in [2.45, 2.75) is 6.92 Å². The van der Waals surface area contributed by atoms with E-state index in [0.717, 1.165) is 23.4 Å². The summed E-state index contributed by atoms with van der Waals surface area (Å²) < 4.78 is 5.68. The highest BCUT2D eigenvalue weighted by molar-refractivity contribution is 5.88. The molecule has 0 unspecified atom stereocenters. The largest absolute Gasteiger partial charge is 0.493 e. The Morgan fingerprint density at radius 3 is 2.84 bits per heavy atom. The Balaban J connectivity index is 2.03. The van der Waals surface area contributed by atoms with Gasteiger partial charge < -0.3 is 10.1 Å². The third-order valence-corrected chi connectivity index (χ3v) is 3.19.